The summed E-state index contributed by atoms with van der Waals surface area (Å²) in [5.41, 5.74) is 2.21. The normalized spacial score (nSPS) is 11.1. The van der Waals surface area contributed by atoms with Crippen LogP contribution in [-0.2, 0) is 11.3 Å². The first-order valence-electron chi connectivity index (χ1n) is 8.80. The van der Waals surface area contributed by atoms with Crippen LogP contribution in [0.3, 0.4) is 0 Å². The average Bonchev–Trinajstić information content (AvgIpc) is 2.90. The van der Waals surface area contributed by atoms with Crippen molar-refractivity contribution in [2.24, 2.45) is 4.99 Å². The summed E-state index contributed by atoms with van der Waals surface area (Å²) >= 11 is 0. The fourth-order valence-corrected chi connectivity index (χ4v) is 2.66. The van der Waals surface area contributed by atoms with Crippen LogP contribution in [0.5, 0.6) is 0 Å². The number of fused-ring (bicyclic) bond motifs is 1. The summed E-state index contributed by atoms with van der Waals surface area (Å²) in [7, 11) is 0. The lowest BCUT2D eigenvalue weighted by Gasteiger charge is -2.11. The molecule has 2 rings (SSSR count). The highest BCUT2D eigenvalue weighted by Crippen LogP contribution is 2.15. The number of halogens is 1. The van der Waals surface area contributed by atoms with Gasteiger partial charge in [0.1, 0.15) is 5.82 Å². The number of rotatable bonds is 8. The van der Waals surface area contributed by atoms with E-state index in [1.165, 1.54) is 12.4 Å². The number of carbonyl (C=O) groups is 1. The SMILES string of the molecule is CCNC(=NCCCn1c(C)nc2ccccc21)NCCNC(C)=O.I. The van der Waals surface area contributed by atoms with E-state index in [1.807, 2.05) is 32.0 Å². The van der Waals surface area contributed by atoms with Crippen molar-refractivity contribution in [3.8, 4) is 0 Å². The number of benzene rings is 1. The average molecular weight is 472 g/mol. The molecule has 0 saturated carbocycles. The second-order valence-electron chi connectivity index (χ2n) is 5.82. The molecule has 0 spiro atoms. The minimum absolute atomic E-state index is 0. The van der Waals surface area contributed by atoms with E-state index >= 15 is 0 Å². The van der Waals surface area contributed by atoms with Gasteiger partial charge in [-0.3, -0.25) is 9.79 Å². The van der Waals surface area contributed by atoms with E-state index in [2.05, 4.69) is 36.6 Å². The summed E-state index contributed by atoms with van der Waals surface area (Å²) in [6.07, 6.45) is 0.934. The third-order valence-corrected chi connectivity index (χ3v) is 3.79. The Morgan fingerprint density at radius 1 is 1.19 bits per heavy atom. The molecule has 0 aliphatic rings. The molecule has 0 unspecified atom stereocenters. The largest absolute Gasteiger partial charge is 0.357 e. The molecule has 1 aromatic heterocycles. The number of nitrogens with zero attached hydrogens (tertiary/aromatic N) is 3. The first-order chi connectivity index (χ1) is 12.1. The van der Waals surface area contributed by atoms with Gasteiger partial charge < -0.3 is 20.5 Å². The molecular formula is C18H29IN6O. The number of para-hydroxylation sites is 2. The molecule has 2 aromatic rings. The summed E-state index contributed by atoms with van der Waals surface area (Å²) in [6, 6.07) is 8.20. The van der Waals surface area contributed by atoms with Crippen molar-refractivity contribution in [3.05, 3.63) is 30.1 Å². The molecule has 1 aromatic carbocycles. The highest BCUT2D eigenvalue weighted by molar-refractivity contribution is 14.0. The second kappa shape index (κ2) is 11.7. The molecule has 0 saturated heterocycles. The number of hydrogen-bond donors (Lipinski definition) is 3. The molecule has 0 aliphatic heterocycles. The van der Waals surface area contributed by atoms with E-state index in [1.54, 1.807) is 0 Å². The van der Waals surface area contributed by atoms with Crippen molar-refractivity contribution >= 4 is 46.9 Å². The fourth-order valence-electron chi connectivity index (χ4n) is 2.66. The van der Waals surface area contributed by atoms with Crippen molar-refractivity contribution in [2.45, 2.75) is 33.7 Å². The van der Waals surface area contributed by atoms with E-state index in [-0.39, 0.29) is 29.9 Å². The molecule has 0 aliphatic carbocycles. The molecule has 7 nitrogen and oxygen atoms in total. The van der Waals surface area contributed by atoms with Crippen molar-refractivity contribution in [1.82, 2.24) is 25.5 Å². The summed E-state index contributed by atoms with van der Waals surface area (Å²) in [6.45, 7) is 9.24. The number of aliphatic imine (C=N–C) groups is 1. The number of carbonyl (C=O) groups excluding carboxylic acids is 1. The third-order valence-electron chi connectivity index (χ3n) is 3.79. The molecule has 0 bridgehead atoms. The quantitative estimate of drug-likeness (QED) is 0.238. The molecule has 26 heavy (non-hydrogen) atoms. The van der Waals surface area contributed by atoms with Crippen molar-refractivity contribution in [1.29, 1.82) is 0 Å². The molecule has 0 atom stereocenters. The van der Waals surface area contributed by atoms with E-state index in [0.29, 0.717) is 13.1 Å². The lowest BCUT2D eigenvalue weighted by molar-refractivity contribution is -0.118. The van der Waals surface area contributed by atoms with E-state index in [4.69, 9.17) is 0 Å². The van der Waals surface area contributed by atoms with E-state index in [9.17, 15) is 4.79 Å². The number of aryl methyl sites for hydroxylation is 2. The maximum Gasteiger partial charge on any atom is 0.216 e. The van der Waals surface area contributed by atoms with Crippen LogP contribution >= 0.6 is 24.0 Å². The molecule has 144 valence electrons. The van der Waals surface area contributed by atoms with Crippen LogP contribution in [-0.4, -0.2) is 47.6 Å². The van der Waals surface area contributed by atoms with Gasteiger partial charge in [-0.1, -0.05) is 12.1 Å². The van der Waals surface area contributed by atoms with E-state index < -0.39 is 0 Å². The van der Waals surface area contributed by atoms with Gasteiger partial charge in [-0.25, -0.2) is 4.98 Å². The smallest absolute Gasteiger partial charge is 0.216 e. The molecule has 0 fully saturated rings. The highest BCUT2D eigenvalue weighted by atomic mass is 127. The Morgan fingerprint density at radius 3 is 2.65 bits per heavy atom. The molecule has 3 N–H and O–H groups in total. The van der Waals surface area contributed by atoms with Crippen LogP contribution in [0.4, 0.5) is 0 Å². The van der Waals surface area contributed by atoms with Gasteiger partial charge in [0.05, 0.1) is 11.0 Å². The Bertz CT molecular complexity index is 728. The Kier molecular flexibility index (Phi) is 10.0. The van der Waals surface area contributed by atoms with E-state index in [0.717, 1.165) is 43.4 Å². The summed E-state index contributed by atoms with van der Waals surface area (Å²) in [5, 5.41) is 9.19. The Balaban J connectivity index is 0.00000338. The van der Waals surface area contributed by atoms with Crippen molar-refractivity contribution < 1.29 is 4.79 Å². The number of hydrogen-bond acceptors (Lipinski definition) is 3. The second-order valence-corrected chi connectivity index (χ2v) is 5.82. The zero-order valence-corrected chi connectivity index (χ0v) is 18.0. The van der Waals surface area contributed by atoms with Gasteiger partial charge in [-0.05, 0) is 32.4 Å². The van der Waals surface area contributed by atoms with Crippen LogP contribution in [0.25, 0.3) is 11.0 Å². The van der Waals surface area contributed by atoms with Crippen molar-refractivity contribution in [3.63, 3.8) is 0 Å². The Morgan fingerprint density at radius 2 is 1.92 bits per heavy atom. The van der Waals surface area contributed by atoms with Gasteiger partial charge in [0.2, 0.25) is 5.91 Å². The predicted octanol–water partition coefficient (Wildman–Crippen LogP) is 2.04. The standard InChI is InChI=1S/C18H28N6O.HI/c1-4-19-18(22-12-11-20-15(3)25)21-10-7-13-24-14(2)23-16-8-5-6-9-17(16)24;/h5-6,8-9H,4,7,10-13H2,1-3H3,(H,20,25)(H2,19,21,22);1H. The number of amides is 1. The Hall–Kier alpha value is -1.84. The lowest BCUT2D eigenvalue weighted by Crippen LogP contribution is -2.41. The van der Waals surface area contributed by atoms with Crippen LogP contribution in [0, 0.1) is 6.92 Å². The maximum absolute atomic E-state index is 10.9. The first kappa shape index (κ1) is 22.2. The zero-order chi connectivity index (χ0) is 18.1. The zero-order valence-electron chi connectivity index (χ0n) is 15.7. The van der Waals surface area contributed by atoms with Crippen LogP contribution < -0.4 is 16.0 Å². The number of guanidine groups is 1. The van der Waals surface area contributed by atoms with Crippen LogP contribution in [0.15, 0.2) is 29.3 Å². The monoisotopic (exact) mass is 472 g/mol. The van der Waals surface area contributed by atoms with Crippen LogP contribution in [0.1, 0.15) is 26.1 Å². The van der Waals surface area contributed by atoms with Gasteiger partial charge in [0, 0.05) is 39.6 Å². The van der Waals surface area contributed by atoms with Gasteiger partial charge in [-0.2, -0.15) is 0 Å². The fraction of sp³-hybridized carbons (Fsp3) is 0.500. The molecule has 1 heterocycles. The minimum atomic E-state index is -0.0216. The minimum Gasteiger partial charge on any atom is -0.357 e. The third kappa shape index (κ3) is 6.81. The Labute approximate surface area is 172 Å². The maximum atomic E-state index is 10.9. The summed E-state index contributed by atoms with van der Waals surface area (Å²) in [4.78, 5) is 20.0. The number of imidazole rings is 1. The van der Waals surface area contributed by atoms with Gasteiger partial charge >= 0.3 is 0 Å². The lowest BCUT2D eigenvalue weighted by atomic mass is 10.3. The molecule has 0 radical (unpaired) electrons. The number of aromatic nitrogens is 2. The number of nitrogens with one attached hydrogen (secondary N) is 3. The van der Waals surface area contributed by atoms with Crippen molar-refractivity contribution in [2.75, 3.05) is 26.2 Å². The highest BCUT2D eigenvalue weighted by Gasteiger charge is 2.05. The molecule has 8 heteroatoms. The van der Waals surface area contributed by atoms with Gasteiger partial charge in [-0.15, -0.1) is 24.0 Å². The topological polar surface area (TPSA) is 83.3 Å². The molecular weight excluding hydrogens is 443 g/mol. The van der Waals surface area contributed by atoms with Gasteiger partial charge in [0.25, 0.3) is 0 Å². The summed E-state index contributed by atoms with van der Waals surface area (Å²) < 4.78 is 2.24. The van der Waals surface area contributed by atoms with Gasteiger partial charge in [0.15, 0.2) is 5.96 Å². The summed E-state index contributed by atoms with van der Waals surface area (Å²) in [5.74, 6) is 1.79. The van der Waals surface area contributed by atoms with Crippen LogP contribution in [0.2, 0.25) is 0 Å². The predicted molar refractivity (Wildman–Crippen MR) is 117 cm³/mol. The molecule has 1 amide bonds. The first-order valence-corrected chi connectivity index (χ1v) is 8.80.